The molecule has 2 amide bonds. The molecule has 0 aliphatic rings. The van der Waals surface area contributed by atoms with Gasteiger partial charge in [-0.25, -0.2) is 0 Å². The highest BCUT2D eigenvalue weighted by Gasteiger charge is 2.12. The van der Waals surface area contributed by atoms with E-state index in [-0.39, 0.29) is 17.5 Å². The van der Waals surface area contributed by atoms with Crippen LogP contribution in [0.2, 0.25) is 0 Å². The molecular formula is C22H31N5O2. The van der Waals surface area contributed by atoms with Gasteiger partial charge in [-0.3, -0.25) is 14.6 Å². The molecular weight excluding hydrogens is 366 g/mol. The van der Waals surface area contributed by atoms with Gasteiger partial charge < -0.3 is 20.4 Å². The highest BCUT2D eigenvalue weighted by atomic mass is 16.2. The molecule has 0 unspecified atom stereocenters. The van der Waals surface area contributed by atoms with Crippen LogP contribution >= 0.6 is 0 Å². The molecule has 0 fully saturated rings. The van der Waals surface area contributed by atoms with Crippen molar-refractivity contribution in [2.75, 3.05) is 50.5 Å². The van der Waals surface area contributed by atoms with E-state index in [2.05, 4.69) is 39.3 Å². The number of hydrogen-bond acceptors (Lipinski definition) is 5. The van der Waals surface area contributed by atoms with E-state index >= 15 is 0 Å². The molecule has 0 spiro atoms. The number of aromatic nitrogens is 1. The minimum atomic E-state index is -0.276. The number of rotatable bonds is 10. The second-order valence-corrected chi connectivity index (χ2v) is 7.02. The van der Waals surface area contributed by atoms with Gasteiger partial charge in [0.15, 0.2) is 0 Å². The van der Waals surface area contributed by atoms with Crippen LogP contribution in [0.25, 0.3) is 0 Å². The molecule has 0 atom stereocenters. The molecule has 2 rings (SSSR count). The van der Waals surface area contributed by atoms with Crippen molar-refractivity contribution in [2.45, 2.75) is 20.3 Å². The number of hydrogen-bond donors (Lipinski definition) is 2. The SMILES string of the molecule is CCN(CC)c1ccc(NC(=O)c2ccnc(C(=O)NCCCN(C)C)c2)cc1. The van der Waals surface area contributed by atoms with E-state index in [9.17, 15) is 9.59 Å². The second-order valence-electron chi connectivity index (χ2n) is 7.02. The third-order valence-corrected chi connectivity index (χ3v) is 4.58. The van der Waals surface area contributed by atoms with E-state index in [1.54, 1.807) is 6.07 Å². The first-order chi connectivity index (χ1) is 13.9. The van der Waals surface area contributed by atoms with Crippen molar-refractivity contribution < 1.29 is 9.59 Å². The van der Waals surface area contributed by atoms with Gasteiger partial charge in [0, 0.05) is 42.8 Å². The largest absolute Gasteiger partial charge is 0.372 e. The smallest absolute Gasteiger partial charge is 0.269 e. The van der Waals surface area contributed by atoms with E-state index in [0.29, 0.717) is 17.8 Å². The Morgan fingerprint density at radius 3 is 2.31 bits per heavy atom. The van der Waals surface area contributed by atoms with Crippen LogP contribution in [0.1, 0.15) is 41.1 Å². The molecule has 7 heteroatoms. The average molecular weight is 398 g/mol. The van der Waals surface area contributed by atoms with Gasteiger partial charge >= 0.3 is 0 Å². The van der Waals surface area contributed by atoms with Crippen molar-refractivity contribution in [1.82, 2.24) is 15.2 Å². The molecule has 29 heavy (non-hydrogen) atoms. The molecule has 0 saturated carbocycles. The number of carbonyl (C=O) groups excluding carboxylic acids is 2. The molecule has 0 saturated heterocycles. The van der Waals surface area contributed by atoms with Crippen molar-refractivity contribution in [1.29, 1.82) is 0 Å². The van der Waals surface area contributed by atoms with E-state index in [1.165, 1.54) is 12.3 Å². The number of carbonyl (C=O) groups is 2. The normalized spacial score (nSPS) is 10.7. The molecule has 0 aliphatic carbocycles. The molecule has 2 aromatic rings. The predicted octanol–water partition coefficient (Wildman–Crippen LogP) is 2.86. The summed E-state index contributed by atoms with van der Waals surface area (Å²) in [5, 5.41) is 5.70. The summed E-state index contributed by atoms with van der Waals surface area (Å²) in [5.74, 6) is -0.549. The van der Waals surface area contributed by atoms with Crippen molar-refractivity contribution in [3.05, 3.63) is 53.9 Å². The molecule has 7 nitrogen and oxygen atoms in total. The van der Waals surface area contributed by atoms with Crippen molar-refractivity contribution in [3.8, 4) is 0 Å². The zero-order chi connectivity index (χ0) is 21.2. The fourth-order valence-corrected chi connectivity index (χ4v) is 2.93. The first-order valence-electron chi connectivity index (χ1n) is 10.00. The first kappa shape index (κ1) is 22.4. The highest BCUT2D eigenvalue weighted by Crippen LogP contribution is 2.18. The topological polar surface area (TPSA) is 77.6 Å². The maximum atomic E-state index is 12.6. The first-order valence-corrected chi connectivity index (χ1v) is 10.00. The molecule has 1 heterocycles. The van der Waals surface area contributed by atoms with Gasteiger partial charge in [-0.05, 0) is 77.3 Å². The minimum Gasteiger partial charge on any atom is -0.372 e. The lowest BCUT2D eigenvalue weighted by Gasteiger charge is -2.21. The van der Waals surface area contributed by atoms with E-state index in [4.69, 9.17) is 0 Å². The van der Waals surface area contributed by atoms with Gasteiger partial charge in [0.2, 0.25) is 0 Å². The molecule has 156 valence electrons. The van der Waals surface area contributed by atoms with E-state index < -0.39 is 0 Å². The molecule has 1 aromatic heterocycles. The number of pyridine rings is 1. The maximum absolute atomic E-state index is 12.6. The van der Waals surface area contributed by atoms with Crippen LogP contribution in [0.15, 0.2) is 42.6 Å². The van der Waals surface area contributed by atoms with Crippen LogP contribution in [0.3, 0.4) is 0 Å². The van der Waals surface area contributed by atoms with Gasteiger partial charge in [0.1, 0.15) is 5.69 Å². The fourth-order valence-electron chi connectivity index (χ4n) is 2.93. The highest BCUT2D eigenvalue weighted by molar-refractivity contribution is 6.05. The molecule has 0 bridgehead atoms. The van der Waals surface area contributed by atoms with Crippen LogP contribution in [-0.2, 0) is 0 Å². The predicted molar refractivity (Wildman–Crippen MR) is 118 cm³/mol. The standard InChI is InChI=1S/C22H31N5O2/c1-5-27(6-2)19-10-8-18(9-11-19)25-21(28)17-12-14-23-20(16-17)22(29)24-13-7-15-26(3)4/h8-12,14,16H,5-7,13,15H2,1-4H3,(H,24,29)(H,25,28). The van der Waals surface area contributed by atoms with Gasteiger partial charge in [-0.15, -0.1) is 0 Å². The minimum absolute atomic E-state index is 0.236. The Hall–Kier alpha value is -2.93. The third kappa shape index (κ3) is 6.87. The Bertz CT molecular complexity index is 801. The van der Waals surface area contributed by atoms with Crippen LogP contribution in [-0.4, -0.2) is 62.0 Å². The lowest BCUT2D eigenvalue weighted by molar-refractivity contribution is 0.0947. The Morgan fingerprint density at radius 1 is 1.00 bits per heavy atom. The Morgan fingerprint density at radius 2 is 1.69 bits per heavy atom. The Balaban J connectivity index is 1.97. The summed E-state index contributed by atoms with van der Waals surface area (Å²) in [7, 11) is 3.98. The summed E-state index contributed by atoms with van der Waals surface area (Å²) in [6, 6.07) is 10.9. The number of anilines is 2. The number of benzene rings is 1. The number of nitrogens with one attached hydrogen (secondary N) is 2. The fraction of sp³-hybridized carbons (Fsp3) is 0.409. The summed E-state index contributed by atoms with van der Waals surface area (Å²) < 4.78 is 0. The summed E-state index contributed by atoms with van der Waals surface area (Å²) in [5.41, 5.74) is 2.45. The van der Waals surface area contributed by atoms with Crippen LogP contribution in [0.4, 0.5) is 11.4 Å². The zero-order valence-corrected chi connectivity index (χ0v) is 17.7. The van der Waals surface area contributed by atoms with Crippen molar-refractivity contribution in [3.63, 3.8) is 0 Å². The zero-order valence-electron chi connectivity index (χ0n) is 17.7. The lowest BCUT2D eigenvalue weighted by atomic mass is 10.2. The average Bonchev–Trinajstić information content (AvgIpc) is 2.73. The van der Waals surface area contributed by atoms with Crippen LogP contribution < -0.4 is 15.5 Å². The molecule has 0 radical (unpaired) electrons. The summed E-state index contributed by atoms with van der Waals surface area (Å²) in [6.07, 6.45) is 2.33. The monoisotopic (exact) mass is 397 g/mol. The van der Waals surface area contributed by atoms with Gasteiger partial charge in [-0.2, -0.15) is 0 Å². The summed E-state index contributed by atoms with van der Waals surface area (Å²) in [4.78, 5) is 33.2. The Kier molecular flexibility index (Phi) is 8.61. The van der Waals surface area contributed by atoms with Crippen molar-refractivity contribution >= 4 is 23.2 Å². The van der Waals surface area contributed by atoms with E-state index in [1.807, 2.05) is 38.4 Å². The lowest BCUT2D eigenvalue weighted by Crippen LogP contribution is -2.28. The quantitative estimate of drug-likeness (QED) is 0.603. The number of nitrogens with zero attached hydrogens (tertiary/aromatic N) is 3. The maximum Gasteiger partial charge on any atom is 0.269 e. The Labute approximate surface area is 173 Å². The van der Waals surface area contributed by atoms with Gasteiger partial charge in [-0.1, -0.05) is 0 Å². The number of amides is 2. The molecule has 1 aromatic carbocycles. The summed E-state index contributed by atoms with van der Waals surface area (Å²) >= 11 is 0. The molecule has 0 aliphatic heterocycles. The van der Waals surface area contributed by atoms with Crippen molar-refractivity contribution in [2.24, 2.45) is 0 Å². The van der Waals surface area contributed by atoms with Crippen LogP contribution in [0.5, 0.6) is 0 Å². The van der Waals surface area contributed by atoms with E-state index in [0.717, 1.165) is 31.7 Å². The summed E-state index contributed by atoms with van der Waals surface area (Å²) in [6.45, 7) is 7.53. The second kappa shape index (κ2) is 11.2. The third-order valence-electron chi connectivity index (χ3n) is 4.58. The molecule has 2 N–H and O–H groups in total. The van der Waals surface area contributed by atoms with Gasteiger partial charge in [0.25, 0.3) is 11.8 Å². The van der Waals surface area contributed by atoms with Crippen LogP contribution in [0, 0.1) is 0 Å². The van der Waals surface area contributed by atoms with Gasteiger partial charge in [0.05, 0.1) is 0 Å².